The Kier molecular flexibility index (Phi) is 6.98. The number of nitrogens with zero attached hydrogens (tertiary/aromatic N) is 2. The monoisotopic (exact) mass is 444 g/mol. The number of sulfonamides is 1. The first-order valence-electron chi connectivity index (χ1n) is 9.62. The van der Waals surface area contributed by atoms with Crippen molar-refractivity contribution in [1.29, 1.82) is 5.41 Å². The van der Waals surface area contributed by atoms with Gasteiger partial charge in [0.2, 0.25) is 21.8 Å². The maximum atomic E-state index is 12.5. The fraction of sp³-hybridized carbons (Fsp3) is 0.300. The summed E-state index contributed by atoms with van der Waals surface area (Å²) in [7, 11) is -3.69. The number of amidine groups is 1. The lowest BCUT2D eigenvalue weighted by atomic mass is 10.2. The number of nitrogen functional groups attached to an aromatic ring is 1. The van der Waals surface area contributed by atoms with E-state index in [1.807, 2.05) is 0 Å². The van der Waals surface area contributed by atoms with Crippen LogP contribution in [-0.2, 0) is 31.9 Å². The SMILES string of the molecule is N=C(N)c1ccc(CNC(=O)CN2CCC(NS(=O)(=O)Cc3ccccc3)C2=O)cn1. The zero-order chi connectivity index (χ0) is 22.4. The highest BCUT2D eigenvalue weighted by atomic mass is 32.2. The molecule has 2 aromatic rings. The number of aromatic nitrogens is 1. The highest BCUT2D eigenvalue weighted by Crippen LogP contribution is 2.13. The third kappa shape index (κ3) is 6.33. The van der Waals surface area contributed by atoms with E-state index in [9.17, 15) is 18.0 Å². The lowest BCUT2D eigenvalue weighted by molar-refractivity contribution is -0.134. The molecule has 11 heteroatoms. The van der Waals surface area contributed by atoms with Gasteiger partial charge in [-0.05, 0) is 23.6 Å². The molecule has 1 aromatic heterocycles. The van der Waals surface area contributed by atoms with Gasteiger partial charge in [0, 0.05) is 19.3 Å². The molecule has 1 aromatic carbocycles. The van der Waals surface area contributed by atoms with Crippen molar-refractivity contribution in [3.05, 3.63) is 65.5 Å². The minimum absolute atomic E-state index is 0.142. The van der Waals surface area contributed by atoms with Crippen LogP contribution < -0.4 is 15.8 Å². The Morgan fingerprint density at radius 3 is 2.58 bits per heavy atom. The number of benzene rings is 1. The minimum atomic E-state index is -3.69. The summed E-state index contributed by atoms with van der Waals surface area (Å²) >= 11 is 0. The average Bonchev–Trinajstić information content (AvgIpc) is 3.06. The quantitative estimate of drug-likeness (QED) is 0.307. The van der Waals surface area contributed by atoms with Crippen LogP contribution in [-0.4, -0.2) is 55.1 Å². The molecule has 0 aliphatic carbocycles. The fourth-order valence-corrected chi connectivity index (χ4v) is 4.54. The van der Waals surface area contributed by atoms with Gasteiger partial charge in [-0.1, -0.05) is 36.4 Å². The van der Waals surface area contributed by atoms with Crippen LogP contribution in [0.2, 0.25) is 0 Å². The molecule has 31 heavy (non-hydrogen) atoms. The highest BCUT2D eigenvalue weighted by molar-refractivity contribution is 7.88. The lowest BCUT2D eigenvalue weighted by Gasteiger charge is -2.17. The van der Waals surface area contributed by atoms with Crippen molar-refractivity contribution in [2.24, 2.45) is 5.73 Å². The molecule has 5 N–H and O–H groups in total. The van der Waals surface area contributed by atoms with Crippen LogP contribution in [0.15, 0.2) is 48.7 Å². The summed E-state index contributed by atoms with van der Waals surface area (Å²) in [4.78, 5) is 30.1. The predicted octanol–water partition coefficient (Wildman–Crippen LogP) is -0.298. The zero-order valence-corrected chi connectivity index (χ0v) is 17.6. The molecular weight excluding hydrogens is 420 g/mol. The van der Waals surface area contributed by atoms with E-state index in [1.54, 1.807) is 42.5 Å². The number of hydrogen-bond acceptors (Lipinski definition) is 6. The van der Waals surface area contributed by atoms with Crippen LogP contribution in [0, 0.1) is 5.41 Å². The van der Waals surface area contributed by atoms with Crippen molar-refractivity contribution in [2.75, 3.05) is 13.1 Å². The molecule has 0 saturated carbocycles. The smallest absolute Gasteiger partial charge is 0.241 e. The van der Waals surface area contributed by atoms with Crippen molar-refractivity contribution >= 4 is 27.7 Å². The number of rotatable bonds is 9. The summed E-state index contributed by atoms with van der Waals surface area (Å²) in [5.74, 6) is -1.14. The van der Waals surface area contributed by atoms with E-state index in [0.29, 0.717) is 24.2 Å². The molecule has 1 atom stereocenters. The molecule has 2 amide bonds. The van der Waals surface area contributed by atoms with Crippen molar-refractivity contribution < 1.29 is 18.0 Å². The van der Waals surface area contributed by atoms with Crippen LogP contribution >= 0.6 is 0 Å². The van der Waals surface area contributed by atoms with Crippen molar-refractivity contribution in [1.82, 2.24) is 19.9 Å². The summed E-state index contributed by atoms with van der Waals surface area (Å²) in [6.07, 6.45) is 1.81. The molecule has 1 saturated heterocycles. The Morgan fingerprint density at radius 1 is 1.19 bits per heavy atom. The molecule has 0 spiro atoms. The van der Waals surface area contributed by atoms with Gasteiger partial charge in [0.05, 0.1) is 12.3 Å². The molecule has 10 nitrogen and oxygen atoms in total. The molecule has 0 radical (unpaired) electrons. The molecule has 164 valence electrons. The largest absolute Gasteiger partial charge is 0.382 e. The van der Waals surface area contributed by atoms with Gasteiger partial charge in [0.25, 0.3) is 0 Å². The van der Waals surface area contributed by atoms with Crippen molar-refractivity contribution in [3.63, 3.8) is 0 Å². The van der Waals surface area contributed by atoms with Crippen LogP contribution in [0.4, 0.5) is 0 Å². The van der Waals surface area contributed by atoms with Gasteiger partial charge in [-0.2, -0.15) is 0 Å². The van der Waals surface area contributed by atoms with Gasteiger partial charge in [-0.25, -0.2) is 13.1 Å². The van der Waals surface area contributed by atoms with Crippen LogP contribution in [0.25, 0.3) is 0 Å². The van der Waals surface area contributed by atoms with Crippen molar-refractivity contribution in [2.45, 2.75) is 24.8 Å². The first kappa shape index (κ1) is 22.4. The summed E-state index contributed by atoms with van der Waals surface area (Å²) < 4.78 is 27.2. The molecular formula is C20H24N6O4S. The summed E-state index contributed by atoms with van der Waals surface area (Å²) in [5.41, 5.74) is 7.04. The fourth-order valence-electron chi connectivity index (χ4n) is 3.18. The topological polar surface area (TPSA) is 158 Å². The van der Waals surface area contributed by atoms with E-state index >= 15 is 0 Å². The van der Waals surface area contributed by atoms with Crippen LogP contribution in [0.5, 0.6) is 0 Å². The van der Waals surface area contributed by atoms with Gasteiger partial charge in [0.1, 0.15) is 17.6 Å². The second kappa shape index (κ2) is 9.67. The number of pyridine rings is 1. The Labute approximate surface area is 180 Å². The zero-order valence-electron chi connectivity index (χ0n) is 16.7. The van der Waals surface area contributed by atoms with Gasteiger partial charge < -0.3 is 16.0 Å². The standard InChI is InChI=1S/C20H24N6O4S/c21-19(22)16-7-6-15(10-23-16)11-24-18(27)12-26-9-8-17(20(26)28)25-31(29,30)13-14-4-2-1-3-5-14/h1-7,10,17,25H,8-9,11-13H2,(H3,21,22)(H,24,27). The number of nitrogens with one attached hydrogen (secondary N) is 3. The Balaban J connectivity index is 1.48. The summed E-state index contributed by atoms with van der Waals surface area (Å²) in [6.45, 7) is 0.341. The number of hydrogen-bond donors (Lipinski definition) is 4. The number of carbonyl (C=O) groups is 2. The molecule has 1 aliphatic heterocycles. The molecule has 0 bridgehead atoms. The molecule has 2 heterocycles. The Hall–Kier alpha value is -3.31. The molecule has 1 fully saturated rings. The van der Waals surface area contributed by atoms with Crippen LogP contribution in [0.3, 0.4) is 0 Å². The van der Waals surface area contributed by atoms with E-state index in [0.717, 1.165) is 5.56 Å². The van der Waals surface area contributed by atoms with Crippen molar-refractivity contribution in [3.8, 4) is 0 Å². The molecule has 3 rings (SSSR count). The highest BCUT2D eigenvalue weighted by Gasteiger charge is 2.35. The summed E-state index contributed by atoms with van der Waals surface area (Å²) in [6, 6.07) is 11.1. The van der Waals surface area contributed by atoms with Gasteiger partial charge in [0.15, 0.2) is 0 Å². The maximum absolute atomic E-state index is 12.5. The number of likely N-dealkylation sites (tertiary alicyclic amines) is 1. The third-order valence-corrected chi connectivity index (χ3v) is 6.10. The van der Waals surface area contributed by atoms with E-state index in [1.165, 1.54) is 11.1 Å². The number of carbonyl (C=O) groups excluding carboxylic acids is 2. The molecule has 1 unspecified atom stereocenters. The van der Waals surface area contributed by atoms with E-state index in [4.69, 9.17) is 11.1 Å². The first-order chi connectivity index (χ1) is 14.7. The Bertz CT molecular complexity index is 1060. The number of nitrogens with two attached hydrogens (primary N) is 1. The third-order valence-electron chi connectivity index (χ3n) is 4.74. The van der Waals surface area contributed by atoms with Crippen LogP contribution in [0.1, 0.15) is 23.2 Å². The molecule has 1 aliphatic rings. The van der Waals surface area contributed by atoms with E-state index < -0.39 is 22.0 Å². The van der Waals surface area contributed by atoms with Gasteiger partial charge >= 0.3 is 0 Å². The minimum Gasteiger partial charge on any atom is -0.382 e. The predicted molar refractivity (Wildman–Crippen MR) is 114 cm³/mol. The second-order valence-electron chi connectivity index (χ2n) is 7.21. The van der Waals surface area contributed by atoms with E-state index in [-0.39, 0.29) is 30.6 Å². The average molecular weight is 445 g/mol. The van der Waals surface area contributed by atoms with Gasteiger partial charge in [-0.15, -0.1) is 0 Å². The first-order valence-corrected chi connectivity index (χ1v) is 11.3. The summed E-state index contributed by atoms with van der Waals surface area (Å²) in [5, 5.41) is 10.0. The van der Waals surface area contributed by atoms with E-state index in [2.05, 4.69) is 15.0 Å². The lowest BCUT2D eigenvalue weighted by Crippen LogP contribution is -2.44. The number of amides is 2. The van der Waals surface area contributed by atoms with Gasteiger partial charge in [-0.3, -0.25) is 20.0 Å². The maximum Gasteiger partial charge on any atom is 0.241 e. The normalized spacial score (nSPS) is 16.3. The Morgan fingerprint density at radius 2 is 1.94 bits per heavy atom. The second-order valence-corrected chi connectivity index (χ2v) is 8.96.